The van der Waals surface area contributed by atoms with Crippen molar-refractivity contribution in [2.24, 2.45) is 0 Å². The predicted octanol–water partition coefficient (Wildman–Crippen LogP) is 3.49. The first-order chi connectivity index (χ1) is 12.5. The van der Waals surface area contributed by atoms with Gasteiger partial charge in [0.2, 0.25) is 0 Å². The fourth-order valence-electron chi connectivity index (χ4n) is 3.67. The van der Waals surface area contributed by atoms with E-state index < -0.39 is 11.5 Å². The minimum absolute atomic E-state index is 0.270. The Hall–Kier alpha value is -2.17. The minimum Gasteiger partial charge on any atom is -0.372 e. The summed E-state index contributed by atoms with van der Waals surface area (Å²) in [6, 6.07) is 15.2. The minimum atomic E-state index is -1.74. The highest BCUT2D eigenvalue weighted by Gasteiger charge is 2.40. The molecule has 1 fully saturated rings. The molecule has 3 rings (SSSR count). The standard InChI is InChI=1S/C22H28N2O2/c1-16-8-6-10-18(14-16)22(26,19-11-7-9-17(2)15-19)21(25)24-23-20-12-4-3-5-13-20/h6-11,14-15,20,23,26H,3-5,12-13H2,1-2H3,(H,24,25). The molecule has 0 bridgehead atoms. The fourth-order valence-corrected chi connectivity index (χ4v) is 3.67. The highest BCUT2D eigenvalue weighted by molar-refractivity contribution is 5.89. The number of hydrogen-bond acceptors (Lipinski definition) is 3. The molecule has 0 atom stereocenters. The van der Waals surface area contributed by atoms with Crippen LogP contribution >= 0.6 is 0 Å². The number of nitrogens with one attached hydrogen (secondary N) is 2. The van der Waals surface area contributed by atoms with E-state index in [1.165, 1.54) is 19.3 Å². The summed E-state index contributed by atoms with van der Waals surface area (Å²) in [6.07, 6.45) is 5.70. The molecule has 4 nitrogen and oxygen atoms in total. The Morgan fingerprint density at radius 1 is 0.962 bits per heavy atom. The number of hydrazine groups is 1. The van der Waals surface area contributed by atoms with Crippen molar-refractivity contribution < 1.29 is 9.90 Å². The second kappa shape index (κ2) is 8.02. The van der Waals surface area contributed by atoms with E-state index in [1.807, 2.05) is 50.2 Å². The van der Waals surface area contributed by atoms with Crippen LogP contribution in [0.25, 0.3) is 0 Å². The van der Waals surface area contributed by atoms with Crippen molar-refractivity contribution in [3.05, 3.63) is 70.8 Å². The van der Waals surface area contributed by atoms with Gasteiger partial charge in [-0.1, -0.05) is 78.9 Å². The molecule has 0 saturated heterocycles. The molecular weight excluding hydrogens is 324 g/mol. The molecule has 1 aliphatic carbocycles. The summed E-state index contributed by atoms with van der Waals surface area (Å²) in [5.41, 5.74) is 7.34. The van der Waals surface area contributed by atoms with Crippen LogP contribution in [0.15, 0.2) is 48.5 Å². The van der Waals surface area contributed by atoms with Gasteiger partial charge in [-0.25, -0.2) is 5.43 Å². The lowest BCUT2D eigenvalue weighted by molar-refractivity contribution is -0.138. The Bertz CT molecular complexity index is 721. The van der Waals surface area contributed by atoms with E-state index in [2.05, 4.69) is 10.9 Å². The van der Waals surface area contributed by atoms with E-state index in [-0.39, 0.29) is 6.04 Å². The molecule has 3 N–H and O–H groups in total. The van der Waals surface area contributed by atoms with Gasteiger partial charge in [0.15, 0.2) is 5.60 Å². The molecular formula is C22H28N2O2. The van der Waals surface area contributed by atoms with Crippen molar-refractivity contribution in [1.82, 2.24) is 10.9 Å². The molecule has 4 heteroatoms. The van der Waals surface area contributed by atoms with Crippen LogP contribution in [0.2, 0.25) is 0 Å². The molecule has 1 saturated carbocycles. The summed E-state index contributed by atoms with van der Waals surface area (Å²) in [5.74, 6) is -0.445. The number of benzene rings is 2. The summed E-state index contributed by atoms with van der Waals surface area (Å²) in [7, 11) is 0. The zero-order chi connectivity index (χ0) is 18.6. The van der Waals surface area contributed by atoms with Crippen LogP contribution in [0, 0.1) is 13.8 Å². The van der Waals surface area contributed by atoms with Crippen molar-refractivity contribution in [2.45, 2.75) is 57.6 Å². The number of rotatable bonds is 5. The van der Waals surface area contributed by atoms with Crippen LogP contribution in [-0.4, -0.2) is 17.1 Å². The summed E-state index contributed by atoms with van der Waals surface area (Å²) in [4.78, 5) is 13.1. The SMILES string of the molecule is Cc1cccc(C(O)(C(=O)NNC2CCCCC2)c2cccc(C)c2)c1. The van der Waals surface area contributed by atoms with Gasteiger partial charge in [0.1, 0.15) is 0 Å². The molecule has 0 heterocycles. The average Bonchev–Trinajstić information content (AvgIpc) is 2.66. The lowest BCUT2D eigenvalue weighted by Crippen LogP contribution is -2.53. The van der Waals surface area contributed by atoms with Gasteiger partial charge in [0.25, 0.3) is 5.91 Å². The first kappa shape index (κ1) is 18.6. The normalized spacial score (nSPS) is 15.7. The maximum absolute atomic E-state index is 13.1. The second-order valence-corrected chi connectivity index (χ2v) is 7.38. The molecule has 2 aromatic rings. The van der Waals surface area contributed by atoms with Crippen LogP contribution in [0.4, 0.5) is 0 Å². The number of carbonyl (C=O) groups excluding carboxylic acids is 1. The Labute approximate surface area is 155 Å². The molecule has 0 unspecified atom stereocenters. The zero-order valence-electron chi connectivity index (χ0n) is 15.6. The molecule has 0 aromatic heterocycles. The highest BCUT2D eigenvalue weighted by atomic mass is 16.3. The van der Waals surface area contributed by atoms with Gasteiger partial charge in [0, 0.05) is 6.04 Å². The van der Waals surface area contributed by atoms with Gasteiger partial charge in [-0.15, -0.1) is 0 Å². The second-order valence-electron chi connectivity index (χ2n) is 7.38. The Morgan fingerprint density at radius 3 is 2.00 bits per heavy atom. The third-order valence-corrected chi connectivity index (χ3v) is 5.20. The maximum atomic E-state index is 13.1. The Balaban J connectivity index is 1.90. The molecule has 2 aromatic carbocycles. The van der Waals surface area contributed by atoms with E-state index in [4.69, 9.17) is 0 Å². The molecule has 1 amide bonds. The predicted molar refractivity (Wildman–Crippen MR) is 104 cm³/mol. The van der Waals surface area contributed by atoms with E-state index in [1.54, 1.807) is 12.1 Å². The van der Waals surface area contributed by atoms with E-state index in [0.29, 0.717) is 11.1 Å². The number of aliphatic hydroxyl groups is 1. The molecule has 0 radical (unpaired) electrons. The maximum Gasteiger partial charge on any atom is 0.275 e. The Kier molecular flexibility index (Phi) is 5.74. The largest absolute Gasteiger partial charge is 0.372 e. The van der Waals surface area contributed by atoms with Crippen LogP contribution in [0.3, 0.4) is 0 Å². The lowest BCUT2D eigenvalue weighted by atomic mass is 9.84. The van der Waals surface area contributed by atoms with Gasteiger partial charge < -0.3 is 5.11 Å². The summed E-state index contributed by atoms with van der Waals surface area (Å²) < 4.78 is 0. The van der Waals surface area contributed by atoms with Crippen LogP contribution in [0.5, 0.6) is 0 Å². The fraction of sp³-hybridized carbons (Fsp3) is 0.409. The molecule has 1 aliphatic rings. The van der Waals surface area contributed by atoms with Crippen molar-refractivity contribution in [3.63, 3.8) is 0 Å². The summed E-state index contributed by atoms with van der Waals surface area (Å²) in [6.45, 7) is 3.91. The van der Waals surface area contributed by atoms with Crippen LogP contribution in [-0.2, 0) is 10.4 Å². The zero-order valence-corrected chi connectivity index (χ0v) is 15.6. The third-order valence-electron chi connectivity index (χ3n) is 5.20. The van der Waals surface area contributed by atoms with Crippen LogP contribution < -0.4 is 10.9 Å². The van der Waals surface area contributed by atoms with Crippen molar-refractivity contribution >= 4 is 5.91 Å². The number of amides is 1. The van der Waals surface area contributed by atoms with Crippen molar-refractivity contribution in [3.8, 4) is 0 Å². The quantitative estimate of drug-likeness (QED) is 0.722. The molecule has 26 heavy (non-hydrogen) atoms. The van der Waals surface area contributed by atoms with Crippen LogP contribution in [0.1, 0.15) is 54.4 Å². The molecule has 0 spiro atoms. The van der Waals surface area contributed by atoms with Gasteiger partial charge in [0.05, 0.1) is 0 Å². The molecule has 138 valence electrons. The first-order valence-corrected chi connectivity index (χ1v) is 9.43. The van der Waals surface area contributed by atoms with Gasteiger partial charge in [-0.3, -0.25) is 10.2 Å². The third kappa shape index (κ3) is 3.97. The monoisotopic (exact) mass is 352 g/mol. The summed E-state index contributed by atoms with van der Waals surface area (Å²) in [5, 5.41) is 11.5. The van der Waals surface area contributed by atoms with Crippen molar-refractivity contribution in [1.29, 1.82) is 0 Å². The number of aryl methyl sites for hydroxylation is 2. The van der Waals surface area contributed by atoms with Gasteiger partial charge in [-0.05, 0) is 37.8 Å². The Morgan fingerprint density at radius 2 is 1.50 bits per heavy atom. The number of carbonyl (C=O) groups is 1. The van der Waals surface area contributed by atoms with Gasteiger partial charge in [-0.2, -0.15) is 0 Å². The smallest absolute Gasteiger partial charge is 0.275 e. The topological polar surface area (TPSA) is 61.4 Å². The average molecular weight is 352 g/mol. The number of hydrogen-bond donors (Lipinski definition) is 3. The van der Waals surface area contributed by atoms with Crippen molar-refractivity contribution in [2.75, 3.05) is 0 Å². The molecule has 0 aliphatic heterocycles. The van der Waals surface area contributed by atoms with Gasteiger partial charge >= 0.3 is 0 Å². The highest BCUT2D eigenvalue weighted by Crippen LogP contribution is 2.31. The van der Waals surface area contributed by atoms with E-state index in [0.717, 1.165) is 24.0 Å². The first-order valence-electron chi connectivity index (χ1n) is 9.43. The van der Waals surface area contributed by atoms with E-state index in [9.17, 15) is 9.90 Å². The van der Waals surface area contributed by atoms with E-state index >= 15 is 0 Å². The summed E-state index contributed by atoms with van der Waals surface area (Å²) >= 11 is 0. The lowest BCUT2D eigenvalue weighted by Gasteiger charge is -2.30.